The molecule has 1 aromatic carbocycles. The number of benzene rings is 1. The van der Waals surface area contributed by atoms with Crippen molar-refractivity contribution in [3.8, 4) is 5.75 Å². The van der Waals surface area contributed by atoms with E-state index in [9.17, 15) is 9.50 Å². The summed E-state index contributed by atoms with van der Waals surface area (Å²) in [7, 11) is 0. The zero-order valence-corrected chi connectivity index (χ0v) is 8.51. The molecule has 0 amide bonds. The van der Waals surface area contributed by atoms with Crippen LogP contribution < -0.4 is 0 Å². The van der Waals surface area contributed by atoms with Gasteiger partial charge in [-0.25, -0.2) is 4.39 Å². The van der Waals surface area contributed by atoms with Crippen molar-refractivity contribution in [2.45, 2.75) is 18.8 Å². The monoisotopic (exact) mass is 278 g/mol. The van der Waals surface area contributed by atoms with Gasteiger partial charge in [-0.1, -0.05) is 0 Å². The number of rotatable bonds is 1. The molecule has 0 saturated heterocycles. The smallest absolute Gasteiger partial charge is 0.166 e. The molecule has 1 aliphatic carbocycles. The van der Waals surface area contributed by atoms with Crippen molar-refractivity contribution in [1.82, 2.24) is 0 Å². The summed E-state index contributed by atoms with van der Waals surface area (Å²) < 4.78 is 13.8. The van der Waals surface area contributed by atoms with Crippen molar-refractivity contribution < 1.29 is 9.50 Å². The highest BCUT2D eigenvalue weighted by Crippen LogP contribution is 2.45. The Hall–Kier alpha value is -0.320. The van der Waals surface area contributed by atoms with Gasteiger partial charge >= 0.3 is 0 Å². The molecule has 1 aromatic rings. The highest BCUT2D eigenvalue weighted by molar-refractivity contribution is 14.1. The van der Waals surface area contributed by atoms with Crippen LogP contribution in [0.3, 0.4) is 0 Å². The van der Waals surface area contributed by atoms with E-state index < -0.39 is 5.82 Å². The van der Waals surface area contributed by atoms with Gasteiger partial charge in [-0.05, 0) is 53.5 Å². The van der Waals surface area contributed by atoms with E-state index >= 15 is 0 Å². The molecule has 2 rings (SSSR count). The topological polar surface area (TPSA) is 20.2 Å². The van der Waals surface area contributed by atoms with Crippen LogP contribution in [0.5, 0.6) is 5.75 Å². The molecule has 0 atom stereocenters. The van der Waals surface area contributed by atoms with Gasteiger partial charge in [0.2, 0.25) is 0 Å². The summed E-state index contributed by atoms with van der Waals surface area (Å²) in [5.41, 5.74) is 0.777. The first kappa shape index (κ1) is 8.29. The normalized spacial score (nSPS) is 16.5. The van der Waals surface area contributed by atoms with E-state index in [0.29, 0.717) is 5.92 Å². The van der Waals surface area contributed by atoms with Gasteiger partial charge in [0.1, 0.15) is 0 Å². The zero-order valence-electron chi connectivity index (χ0n) is 6.35. The second-order valence-corrected chi connectivity index (χ2v) is 4.35. The summed E-state index contributed by atoms with van der Waals surface area (Å²) in [6, 6.07) is 3.21. The molecule has 0 radical (unpaired) electrons. The van der Waals surface area contributed by atoms with E-state index in [-0.39, 0.29) is 5.75 Å². The van der Waals surface area contributed by atoms with E-state index in [0.717, 1.165) is 22.0 Å². The maximum Gasteiger partial charge on any atom is 0.166 e. The van der Waals surface area contributed by atoms with Crippen molar-refractivity contribution in [3.05, 3.63) is 27.1 Å². The van der Waals surface area contributed by atoms with Crippen molar-refractivity contribution in [3.63, 3.8) is 0 Å². The van der Waals surface area contributed by atoms with Crippen LogP contribution >= 0.6 is 22.6 Å². The minimum absolute atomic E-state index is 0.155. The second-order valence-electron chi connectivity index (χ2n) is 3.10. The Balaban J connectivity index is 2.51. The summed E-state index contributed by atoms with van der Waals surface area (Å²) in [6.07, 6.45) is 2.15. The molecular formula is C9H8FIO. The lowest BCUT2D eigenvalue weighted by Gasteiger charge is -2.03. The van der Waals surface area contributed by atoms with Gasteiger partial charge < -0.3 is 5.11 Å². The highest BCUT2D eigenvalue weighted by Gasteiger charge is 2.27. The molecule has 1 saturated carbocycles. The first-order chi connectivity index (χ1) is 5.68. The molecule has 0 bridgehead atoms. The Kier molecular flexibility index (Phi) is 1.98. The largest absolute Gasteiger partial charge is 0.505 e. The number of phenols is 1. The maximum atomic E-state index is 13.0. The number of hydrogen-bond acceptors (Lipinski definition) is 1. The number of aromatic hydroxyl groups is 1. The molecule has 12 heavy (non-hydrogen) atoms. The van der Waals surface area contributed by atoms with E-state index in [1.54, 1.807) is 0 Å². The maximum absolute atomic E-state index is 13.0. The lowest BCUT2D eigenvalue weighted by molar-refractivity contribution is 0.425. The lowest BCUT2D eigenvalue weighted by Crippen LogP contribution is -1.87. The van der Waals surface area contributed by atoms with Crippen molar-refractivity contribution >= 4 is 22.6 Å². The Morgan fingerprint density at radius 3 is 2.67 bits per heavy atom. The summed E-state index contributed by atoms with van der Waals surface area (Å²) in [5.74, 6) is -0.254. The fourth-order valence-electron chi connectivity index (χ4n) is 1.29. The minimum atomic E-state index is -0.496. The molecular weight excluding hydrogens is 270 g/mol. The molecule has 1 N–H and O–H groups in total. The van der Waals surface area contributed by atoms with Crippen LogP contribution in [0.4, 0.5) is 4.39 Å². The summed E-state index contributed by atoms with van der Waals surface area (Å²) >= 11 is 2.06. The third-order valence-corrected chi connectivity index (χ3v) is 2.70. The third kappa shape index (κ3) is 1.42. The van der Waals surface area contributed by atoms with Crippen LogP contribution in [-0.4, -0.2) is 5.11 Å². The standard InChI is InChI=1S/C9H8FIO/c10-8-4-6(11)3-7(9(8)12)5-1-2-5/h3-5,12H,1-2H2. The summed E-state index contributed by atoms with van der Waals surface area (Å²) in [5, 5.41) is 9.35. The van der Waals surface area contributed by atoms with E-state index in [4.69, 9.17) is 0 Å². The average Bonchev–Trinajstić information content (AvgIpc) is 2.79. The minimum Gasteiger partial charge on any atom is -0.505 e. The molecule has 0 aromatic heterocycles. The highest BCUT2D eigenvalue weighted by atomic mass is 127. The quantitative estimate of drug-likeness (QED) is 0.783. The van der Waals surface area contributed by atoms with Crippen LogP contribution in [0.2, 0.25) is 0 Å². The van der Waals surface area contributed by atoms with Crippen molar-refractivity contribution in [1.29, 1.82) is 0 Å². The van der Waals surface area contributed by atoms with Crippen LogP contribution in [-0.2, 0) is 0 Å². The van der Waals surface area contributed by atoms with Crippen LogP contribution in [0.25, 0.3) is 0 Å². The third-order valence-electron chi connectivity index (χ3n) is 2.07. The van der Waals surface area contributed by atoms with Crippen molar-refractivity contribution in [2.75, 3.05) is 0 Å². The van der Waals surface area contributed by atoms with Crippen LogP contribution in [0.1, 0.15) is 24.3 Å². The Labute approximate surface area is 83.7 Å². The summed E-state index contributed by atoms with van der Waals surface area (Å²) in [4.78, 5) is 0. The number of hydrogen-bond donors (Lipinski definition) is 1. The number of halogens is 2. The van der Waals surface area contributed by atoms with E-state index in [1.807, 2.05) is 6.07 Å². The Morgan fingerprint density at radius 1 is 1.42 bits per heavy atom. The molecule has 0 aliphatic heterocycles. The first-order valence-corrected chi connectivity index (χ1v) is 4.94. The van der Waals surface area contributed by atoms with Gasteiger partial charge in [-0.3, -0.25) is 0 Å². The fraction of sp³-hybridized carbons (Fsp3) is 0.333. The van der Waals surface area contributed by atoms with Gasteiger partial charge in [0.25, 0.3) is 0 Å². The fourth-order valence-corrected chi connectivity index (χ4v) is 1.90. The van der Waals surface area contributed by atoms with Gasteiger partial charge in [-0.2, -0.15) is 0 Å². The first-order valence-electron chi connectivity index (χ1n) is 3.86. The molecule has 0 heterocycles. The molecule has 1 nitrogen and oxygen atoms in total. The van der Waals surface area contributed by atoms with Crippen molar-refractivity contribution in [2.24, 2.45) is 0 Å². The molecule has 0 spiro atoms. The predicted molar refractivity (Wildman–Crippen MR) is 52.8 cm³/mol. The van der Waals surface area contributed by atoms with Crippen LogP contribution in [0.15, 0.2) is 12.1 Å². The van der Waals surface area contributed by atoms with E-state index in [1.165, 1.54) is 6.07 Å². The van der Waals surface area contributed by atoms with Gasteiger partial charge in [0.05, 0.1) is 0 Å². The van der Waals surface area contributed by atoms with Gasteiger partial charge in [0.15, 0.2) is 11.6 Å². The van der Waals surface area contributed by atoms with E-state index in [2.05, 4.69) is 22.6 Å². The van der Waals surface area contributed by atoms with Crippen LogP contribution in [0, 0.1) is 9.39 Å². The lowest BCUT2D eigenvalue weighted by atomic mass is 10.1. The second kappa shape index (κ2) is 2.87. The van der Waals surface area contributed by atoms with Gasteiger partial charge in [0, 0.05) is 9.13 Å². The molecule has 1 aliphatic rings. The average molecular weight is 278 g/mol. The predicted octanol–water partition coefficient (Wildman–Crippen LogP) is 3.01. The molecule has 64 valence electrons. The summed E-state index contributed by atoms with van der Waals surface area (Å²) in [6.45, 7) is 0. The zero-order chi connectivity index (χ0) is 8.72. The molecule has 3 heteroatoms. The van der Waals surface area contributed by atoms with Gasteiger partial charge in [-0.15, -0.1) is 0 Å². The molecule has 0 unspecified atom stereocenters. The Morgan fingerprint density at radius 2 is 2.08 bits per heavy atom. The molecule has 1 fully saturated rings. The SMILES string of the molecule is Oc1c(F)cc(I)cc1C1CC1. The number of phenolic OH excluding ortho intramolecular Hbond substituents is 1. The Bertz CT molecular complexity index is 321.